The maximum Gasteiger partial charge on any atom is 0.311 e. The number of hydrogen-bond acceptors (Lipinski definition) is 2. The molecule has 4 nitrogen and oxygen atoms in total. The van der Waals surface area contributed by atoms with Crippen molar-refractivity contribution < 1.29 is 9.90 Å². The fraction of sp³-hybridized carbons (Fsp3) is 0.222. The normalized spacial score (nSPS) is 11.0. The van der Waals surface area contributed by atoms with Crippen LogP contribution in [0.15, 0.2) is 42.5 Å². The Bertz CT molecular complexity index is 835. The van der Waals surface area contributed by atoms with E-state index in [4.69, 9.17) is 5.11 Å². The number of aromatic nitrogens is 2. The zero-order chi connectivity index (χ0) is 15.7. The molecule has 0 saturated heterocycles. The Morgan fingerprint density at radius 2 is 1.82 bits per heavy atom. The summed E-state index contributed by atoms with van der Waals surface area (Å²) in [6, 6.07) is 14.1. The highest BCUT2D eigenvalue weighted by Gasteiger charge is 2.14. The highest BCUT2D eigenvalue weighted by molar-refractivity contribution is 5.80. The van der Waals surface area contributed by atoms with Gasteiger partial charge in [0.25, 0.3) is 0 Å². The molecule has 0 radical (unpaired) electrons. The van der Waals surface area contributed by atoms with E-state index >= 15 is 0 Å². The molecule has 0 unspecified atom stereocenters. The highest BCUT2D eigenvalue weighted by atomic mass is 16.4. The molecule has 0 atom stereocenters. The molecule has 0 aliphatic heterocycles. The van der Waals surface area contributed by atoms with Crippen molar-refractivity contribution in [1.82, 2.24) is 9.55 Å². The molecule has 0 aliphatic carbocycles. The molecular formula is C18H18N2O2. The maximum atomic E-state index is 11.1. The number of imidazole rings is 1. The molecule has 1 heterocycles. The number of hydrogen-bond donors (Lipinski definition) is 1. The summed E-state index contributed by atoms with van der Waals surface area (Å²) in [5, 5.41) is 9.14. The SMILES string of the molecule is Cc1cc2nc(CC(=O)O)n(Cc3ccccc3)c2cc1C. The third kappa shape index (κ3) is 2.72. The van der Waals surface area contributed by atoms with Gasteiger partial charge in [0.2, 0.25) is 0 Å². The molecular weight excluding hydrogens is 276 g/mol. The zero-order valence-corrected chi connectivity index (χ0v) is 12.7. The molecule has 0 fully saturated rings. The van der Waals surface area contributed by atoms with Crippen LogP contribution in [0, 0.1) is 13.8 Å². The predicted molar refractivity (Wildman–Crippen MR) is 86.1 cm³/mol. The van der Waals surface area contributed by atoms with Crippen molar-refractivity contribution in [2.75, 3.05) is 0 Å². The Balaban J connectivity index is 2.15. The number of carboxylic acid groups (broad SMARTS) is 1. The average molecular weight is 294 g/mol. The minimum atomic E-state index is -0.863. The molecule has 1 N–H and O–H groups in total. The van der Waals surface area contributed by atoms with E-state index in [1.54, 1.807) is 0 Å². The number of nitrogens with zero attached hydrogens (tertiary/aromatic N) is 2. The minimum Gasteiger partial charge on any atom is -0.481 e. The van der Waals surface area contributed by atoms with Gasteiger partial charge in [0.15, 0.2) is 0 Å². The molecule has 2 aromatic carbocycles. The van der Waals surface area contributed by atoms with Crippen molar-refractivity contribution in [3.63, 3.8) is 0 Å². The van der Waals surface area contributed by atoms with Gasteiger partial charge in [-0.1, -0.05) is 30.3 Å². The summed E-state index contributed by atoms with van der Waals surface area (Å²) in [7, 11) is 0. The van der Waals surface area contributed by atoms with E-state index in [-0.39, 0.29) is 6.42 Å². The van der Waals surface area contributed by atoms with Gasteiger partial charge in [0.05, 0.1) is 11.0 Å². The lowest BCUT2D eigenvalue weighted by Crippen LogP contribution is -2.10. The Morgan fingerprint density at radius 3 is 2.50 bits per heavy atom. The van der Waals surface area contributed by atoms with Crippen LogP contribution in [-0.2, 0) is 17.8 Å². The molecule has 0 bridgehead atoms. The zero-order valence-electron chi connectivity index (χ0n) is 12.7. The second kappa shape index (κ2) is 5.64. The summed E-state index contributed by atoms with van der Waals surface area (Å²) < 4.78 is 2.01. The first-order valence-electron chi connectivity index (χ1n) is 7.26. The maximum absolute atomic E-state index is 11.1. The molecule has 1 aromatic heterocycles. The standard InChI is InChI=1S/C18H18N2O2/c1-12-8-15-16(9-13(12)2)20(17(19-15)10-18(21)22)11-14-6-4-3-5-7-14/h3-9H,10-11H2,1-2H3,(H,21,22). The molecule has 0 amide bonds. The van der Waals surface area contributed by atoms with Crippen molar-refractivity contribution in [3.8, 4) is 0 Å². The monoisotopic (exact) mass is 294 g/mol. The Hall–Kier alpha value is -2.62. The summed E-state index contributed by atoms with van der Waals surface area (Å²) in [5.74, 6) is -0.269. The van der Waals surface area contributed by atoms with Crippen LogP contribution in [0.5, 0.6) is 0 Å². The van der Waals surface area contributed by atoms with Gasteiger partial charge in [-0.15, -0.1) is 0 Å². The van der Waals surface area contributed by atoms with E-state index in [0.717, 1.165) is 16.6 Å². The number of aryl methyl sites for hydroxylation is 2. The quantitative estimate of drug-likeness (QED) is 0.803. The van der Waals surface area contributed by atoms with Crippen LogP contribution in [0.4, 0.5) is 0 Å². The van der Waals surface area contributed by atoms with Gasteiger partial charge in [0, 0.05) is 6.54 Å². The first kappa shape index (κ1) is 14.3. The highest BCUT2D eigenvalue weighted by Crippen LogP contribution is 2.22. The van der Waals surface area contributed by atoms with Crippen LogP contribution in [0.25, 0.3) is 11.0 Å². The fourth-order valence-corrected chi connectivity index (χ4v) is 2.64. The second-order valence-electron chi connectivity index (χ2n) is 5.60. The third-order valence-electron chi connectivity index (χ3n) is 3.94. The van der Waals surface area contributed by atoms with Crippen LogP contribution in [0.2, 0.25) is 0 Å². The van der Waals surface area contributed by atoms with Crippen LogP contribution in [0.3, 0.4) is 0 Å². The number of aliphatic carboxylic acids is 1. The largest absolute Gasteiger partial charge is 0.481 e. The molecule has 3 aromatic rings. The molecule has 3 rings (SSSR count). The van der Waals surface area contributed by atoms with E-state index in [1.807, 2.05) is 47.9 Å². The minimum absolute atomic E-state index is 0.0698. The Kier molecular flexibility index (Phi) is 3.67. The van der Waals surface area contributed by atoms with Crippen molar-refractivity contribution in [2.24, 2.45) is 0 Å². The number of fused-ring (bicyclic) bond motifs is 1. The molecule has 0 aliphatic rings. The van der Waals surface area contributed by atoms with E-state index < -0.39 is 5.97 Å². The second-order valence-corrected chi connectivity index (χ2v) is 5.60. The number of carboxylic acids is 1. The smallest absolute Gasteiger partial charge is 0.311 e. The van der Waals surface area contributed by atoms with Gasteiger partial charge >= 0.3 is 5.97 Å². The lowest BCUT2D eigenvalue weighted by atomic mass is 10.1. The van der Waals surface area contributed by atoms with Gasteiger partial charge in [-0.2, -0.15) is 0 Å². The van der Waals surface area contributed by atoms with E-state index in [1.165, 1.54) is 11.1 Å². The third-order valence-corrected chi connectivity index (χ3v) is 3.94. The van der Waals surface area contributed by atoms with Crippen LogP contribution in [0.1, 0.15) is 22.5 Å². The summed E-state index contributed by atoms with van der Waals surface area (Å²) in [5.41, 5.74) is 5.33. The Morgan fingerprint density at radius 1 is 1.14 bits per heavy atom. The van der Waals surface area contributed by atoms with Crippen LogP contribution >= 0.6 is 0 Å². The molecule has 0 spiro atoms. The van der Waals surface area contributed by atoms with Gasteiger partial charge < -0.3 is 9.67 Å². The van der Waals surface area contributed by atoms with Crippen LogP contribution < -0.4 is 0 Å². The lowest BCUT2D eigenvalue weighted by Gasteiger charge is -2.09. The lowest BCUT2D eigenvalue weighted by molar-refractivity contribution is -0.136. The molecule has 112 valence electrons. The van der Waals surface area contributed by atoms with E-state index in [9.17, 15) is 4.79 Å². The van der Waals surface area contributed by atoms with E-state index in [0.29, 0.717) is 12.4 Å². The van der Waals surface area contributed by atoms with E-state index in [2.05, 4.69) is 18.0 Å². The van der Waals surface area contributed by atoms with Crippen molar-refractivity contribution in [1.29, 1.82) is 0 Å². The van der Waals surface area contributed by atoms with Crippen molar-refractivity contribution in [2.45, 2.75) is 26.8 Å². The first-order valence-corrected chi connectivity index (χ1v) is 7.26. The summed E-state index contributed by atoms with van der Waals surface area (Å²) >= 11 is 0. The van der Waals surface area contributed by atoms with Gasteiger partial charge in [-0.25, -0.2) is 4.98 Å². The molecule has 22 heavy (non-hydrogen) atoms. The summed E-state index contributed by atoms with van der Waals surface area (Å²) in [4.78, 5) is 15.7. The van der Waals surface area contributed by atoms with Gasteiger partial charge in [-0.3, -0.25) is 4.79 Å². The average Bonchev–Trinajstić information content (AvgIpc) is 2.77. The van der Waals surface area contributed by atoms with Gasteiger partial charge in [-0.05, 0) is 42.7 Å². The molecule has 0 saturated carbocycles. The fourth-order valence-electron chi connectivity index (χ4n) is 2.64. The van der Waals surface area contributed by atoms with Crippen molar-refractivity contribution >= 4 is 17.0 Å². The number of rotatable bonds is 4. The summed E-state index contributed by atoms with van der Waals surface area (Å²) in [6.45, 7) is 4.73. The van der Waals surface area contributed by atoms with Crippen molar-refractivity contribution in [3.05, 3.63) is 65.0 Å². The first-order chi connectivity index (χ1) is 10.5. The topological polar surface area (TPSA) is 55.1 Å². The summed E-state index contributed by atoms with van der Waals surface area (Å²) in [6.07, 6.45) is -0.0698. The predicted octanol–water partition coefficient (Wildman–Crippen LogP) is 3.33. The van der Waals surface area contributed by atoms with Gasteiger partial charge in [0.1, 0.15) is 12.2 Å². The van der Waals surface area contributed by atoms with Crippen LogP contribution in [-0.4, -0.2) is 20.6 Å². The number of benzene rings is 2. The molecule has 4 heteroatoms. The number of carbonyl (C=O) groups is 1. The Labute approximate surface area is 129 Å².